The van der Waals surface area contributed by atoms with Gasteiger partial charge in [0.05, 0.1) is 13.5 Å². The van der Waals surface area contributed by atoms with Crippen LogP contribution in [-0.2, 0) is 20.7 Å². The molecule has 7 heteroatoms. The quantitative estimate of drug-likeness (QED) is 0.637. The first-order valence-electron chi connectivity index (χ1n) is 7.50. The molecule has 0 radical (unpaired) electrons. The number of nitrogens with one attached hydrogen (secondary N) is 1. The van der Waals surface area contributed by atoms with E-state index >= 15 is 0 Å². The van der Waals surface area contributed by atoms with Gasteiger partial charge in [-0.1, -0.05) is 12.1 Å². The SMILES string of the molecule is COC(=O)Cc1ccc(NC(=S)N2CCC(C(N)=O)CC2)cc1. The van der Waals surface area contributed by atoms with E-state index in [1.54, 1.807) is 0 Å². The third-order valence-corrected chi connectivity index (χ3v) is 4.33. The summed E-state index contributed by atoms with van der Waals surface area (Å²) in [5.41, 5.74) is 7.08. The number of carbonyl (C=O) groups is 2. The van der Waals surface area contributed by atoms with Crippen molar-refractivity contribution in [2.75, 3.05) is 25.5 Å². The van der Waals surface area contributed by atoms with Gasteiger partial charge in [-0.3, -0.25) is 9.59 Å². The highest BCUT2D eigenvalue weighted by molar-refractivity contribution is 7.80. The van der Waals surface area contributed by atoms with Crippen molar-refractivity contribution in [2.24, 2.45) is 11.7 Å². The highest BCUT2D eigenvalue weighted by Gasteiger charge is 2.24. The normalized spacial score (nSPS) is 15.1. The zero-order valence-corrected chi connectivity index (χ0v) is 13.9. The van der Waals surface area contributed by atoms with Gasteiger partial charge in [0.15, 0.2) is 5.11 Å². The number of piperidine rings is 1. The topological polar surface area (TPSA) is 84.7 Å². The van der Waals surface area contributed by atoms with Gasteiger partial charge in [0.1, 0.15) is 0 Å². The molecule has 1 saturated heterocycles. The number of hydrogen-bond donors (Lipinski definition) is 2. The van der Waals surface area contributed by atoms with Gasteiger partial charge in [0, 0.05) is 24.7 Å². The van der Waals surface area contributed by atoms with Crippen LogP contribution in [-0.4, -0.2) is 42.1 Å². The summed E-state index contributed by atoms with van der Waals surface area (Å²) in [6.45, 7) is 1.44. The van der Waals surface area contributed by atoms with Crippen LogP contribution in [0.15, 0.2) is 24.3 Å². The molecule has 1 aliphatic rings. The van der Waals surface area contributed by atoms with Crippen molar-refractivity contribution in [2.45, 2.75) is 19.3 Å². The summed E-state index contributed by atoms with van der Waals surface area (Å²) in [7, 11) is 1.37. The molecule has 1 aromatic carbocycles. The van der Waals surface area contributed by atoms with Gasteiger partial charge in [0.2, 0.25) is 5.91 Å². The molecule has 1 heterocycles. The van der Waals surface area contributed by atoms with Crippen molar-refractivity contribution in [3.63, 3.8) is 0 Å². The number of carbonyl (C=O) groups excluding carboxylic acids is 2. The molecular formula is C16H21N3O3S. The van der Waals surface area contributed by atoms with E-state index in [2.05, 4.69) is 10.1 Å². The maximum atomic E-state index is 11.2. The van der Waals surface area contributed by atoms with Crippen LogP contribution in [0.3, 0.4) is 0 Å². The fourth-order valence-corrected chi connectivity index (χ4v) is 2.81. The minimum absolute atomic E-state index is 0.0494. The van der Waals surface area contributed by atoms with Gasteiger partial charge >= 0.3 is 5.97 Å². The maximum Gasteiger partial charge on any atom is 0.309 e. The van der Waals surface area contributed by atoms with Crippen molar-refractivity contribution in [3.8, 4) is 0 Å². The fraction of sp³-hybridized carbons (Fsp3) is 0.438. The Balaban J connectivity index is 1.86. The fourth-order valence-electron chi connectivity index (χ4n) is 2.51. The van der Waals surface area contributed by atoms with Crippen molar-refractivity contribution < 1.29 is 14.3 Å². The van der Waals surface area contributed by atoms with Crippen molar-refractivity contribution >= 4 is 34.9 Å². The minimum Gasteiger partial charge on any atom is -0.469 e. The molecule has 1 aromatic rings. The van der Waals surface area contributed by atoms with E-state index in [4.69, 9.17) is 18.0 Å². The molecule has 1 amide bonds. The minimum atomic E-state index is -0.265. The second kappa shape index (κ2) is 7.92. The maximum absolute atomic E-state index is 11.2. The number of esters is 1. The molecule has 0 unspecified atom stereocenters. The molecule has 0 atom stereocenters. The lowest BCUT2D eigenvalue weighted by atomic mass is 9.97. The van der Waals surface area contributed by atoms with Crippen molar-refractivity contribution in [3.05, 3.63) is 29.8 Å². The number of benzene rings is 1. The van der Waals surface area contributed by atoms with Crippen LogP contribution < -0.4 is 11.1 Å². The summed E-state index contributed by atoms with van der Waals surface area (Å²) in [5, 5.41) is 3.81. The smallest absolute Gasteiger partial charge is 0.309 e. The number of ether oxygens (including phenoxy) is 1. The highest BCUT2D eigenvalue weighted by atomic mass is 32.1. The lowest BCUT2D eigenvalue weighted by Gasteiger charge is -2.32. The van der Waals surface area contributed by atoms with Crippen LogP contribution in [0.25, 0.3) is 0 Å². The van der Waals surface area contributed by atoms with E-state index < -0.39 is 0 Å². The molecule has 2 rings (SSSR count). The number of nitrogens with zero attached hydrogens (tertiary/aromatic N) is 1. The second-order valence-corrected chi connectivity index (χ2v) is 5.93. The standard InChI is InChI=1S/C16H21N3O3S/c1-22-14(20)10-11-2-4-13(5-3-11)18-16(23)19-8-6-12(7-9-19)15(17)21/h2-5,12H,6-10H2,1H3,(H2,17,21)(H,18,23). The predicted octanol–water partition coefficient (Wildman–Crippen LogP) is 1.30. The van der Waals surface area contributed by atoms with E-state index in [1.807, 2.05) is 29.2 Å². The second-order valence-electron chi connectivity index (χ2n) is 5.54. The number of anilines is 1. The first kappa shape index (κ1) is 17.2. The van der Waals surface area contributed by atoms with E-state index in [-0.39, 0.29) is 24.2 Å². The third kappa shape index (κ3) is 4.92. The van der Waals surface area contributed by atoms with Gasteiger partial charge in [-0.25, -0.2) is 0 Å². The molecule has 124 valence electrons. The molecule has 0 spiro atoms. The molecule has 3 N–H and O–H groups in total. The Hall–Kier alpha value is -2.15. The Kier molecular flexibility index (Phi) is 5.92. The Bertz CT molecular complexity index is 581. The molecule has 1 aliphatic heterocycles. The summed E-state index contributed by atoms with van der Waals surface area (Å²) in [4.78, 5) is 24.4. The zero-order valence-electron chi connectivity index (χ0n) is 13.1. The van der Waals surface area contributed by atoms with Crippen LogP contribution in [0.5, 0.6) is 0 Å². The first-order valence-corrected chi connectivity index (χ1v) is 7.91. The van der Waals surface area contributed by atoms with E-state index in [0.29, 0.717) is 5.11 Å². The molecule has 0 aliphatic carbocycles. The van der Waals surface area contributed by atoms with E-state index in [0.717, 1.165) is 37.2 Å². The molecule has 0 aromatic heterocycles. The van der Waals surface area contributed by atoms with Crippen LogP contribution in [0.1, 0.15) is 18.4 Å². The molecular weight excluding hydrogens is 314 g/mol. The van der Waals surface area contributed by atoms with Crippen LogP contribution in [0, 0.1) is 5.92 Å². The van der Waals surface area contributed by atoms with Gasteiger partial charge in [-0.2, -0.15) is 0 Å². The molecule has 0 saturated carbocycles. The number of amides is 1. The average molecular weight is 335 g/mol. The van der Waals surface area contributed by atoms with Crippen molar-refractivity contribution in [1.82, 2.24) is 4.90 Å². The summed E-state index contributed by atoms with van der Waals surface area (Å²) in [6, 6.07) is 7.48. The van der Waals surface area contributed by atoms with E-state index in [9.17, 15) is 9.59 Å². The highest BCUT2D eigenvalue weighted by Crippen LogP contribution is 2.18. The predicted molar refractivity (Wildman–Crippen MR) is 91.9 cm³/mol. The number of primary amides is 1. The Morgan fingerprint density at radius 3 is 2.43 bits per heavy atom. The molecule has 0 bridgehead atoms. The van der Waals surface area contributed by atoms with Crippen LogP contribution in [0.2, 0.25) is 0 Å². The first-order chi connectivity index (χ1) is 11.0. The van der Waals surface area contributed by atoms with Crippen LogP contribution in [0.4, 0.5) is 5.69 Å². The summed E-state index contributed by atoms with van der Waals surface area (Å²) in [5.74, 6) is -0.546. The average Bonchev–Trinajstić information content (AvgIpc) is 2.56. The number of hydrogen-bond acceptors (Lipinski definition) is 4. The number of nitrogens with two attached hydrogens (primary N) is 1. The largest absolute Gasteiger partial charge is 0.469 e. The van der Waals surface area contributed by atoms with Gasteiger partial charge in [-0.05, 0) is 42.8 Å². The van der Waals surface area contributed by atoms with E-state index in [1.165, 1.54) is 7.11 Å². The number of methoxy groups -OCH3 is 1. The lowest BCUT2D eigenvalue weighted by Crippen LogP contribution is -2.43. The number of rotatable bonds is 4. The Morgan fingerprint density at radius 1 is 1.30 bits per heavy atom. The summed E-state index contributed by atoms with van der Waals surface area (Å²) in [6.07, 6.45) is 1.71. The molecule has 6 nitrogen and oxygen atoms in total. The summed E-state index contributed by atoms with van der Waals surface area (Å²) >= 11 is 5.41. The lowest BCUT2D eigenvalue weighted by molar-refractivity contribution is -0.139. The van der Waals surface area contributed by atoms with Crippen molar-refractivity contribution in [1.29, 1.82) is 0 Å². The van der Waals surface area contributed by atoms with Crippen LogP contribution >= 0.6 is 12.2 Å². The third-order valence-electron chi connectivity index (χ3n) is 3.97. The number of thiocarbonyl (C=S) groups is 1. The number of likely N-dealkylation sites (tertiary alicyclic amines) is 1. The van der Waals surface area contributed by atoms with Gasteiger partial charge < -0.3 is 20.7 Å². The Labute approximate surface area is 141 Å². The van der Waals surface area contributed by atoms with Gasteiger partial charge in [-0.15, -0.1) is 0 Å². The molecule has 1 fully saturated rings. The zero-order chi connectivity index (χ0) is 16.8. The molecule has 23 heavy (non-hydrogen) atoms. The monoisotopic (exact) mass is 335 g/mol. The Morgan fingerprint density at radius 2 is 1.91 bits per heavy atom. The van der Waals surface area contributed by atoms with Gasteiger partial charge in [0.25, 0.3) is 0 Å². The summed E-state index contributed by atoms with van der Waals surface area (Å²) < 4.78 is 4.64.